The van der Waals surface area contributed by atoms with Gasteiger partial charge < -0.3 is 14.6 Å². The maximum absolute atomic E-state index is 13.5. The Hall–Kier alpha value is -2.63. The number of hydrogen-bond acceptors (Lipinski definition) is 3. The maximum atomic E-state index is 13.5. The van der Waals surface area contributed by atoms with Gasteiger partial charge in [-0.1, -0.05) is 18.2 Å². The Morgan fingerprint density at radius 3 is 2.40 bits per heavy atom. The van der Waals surface area contributed by atoms with Crippen molar-refractivity contribution in [1.82, 2.24) is 0 Å². The van der Waals surface area contributed by atoms with Crippen LogP contribution in [0.4, 0.5) is 4.39 Å². The zero-order valence-corrected chi connectivity index (χ0v) is 10.2. The minimum atomic E-state index is -1.29. The molecule has 1 atom stereocenters. The third-order valence-corrected chi connectivity index (χ3v) is 2.86. The molecule has 104 valence electrons. The molecule has 0 aliphatic heterocycles. The van der Waals surface area contributed by atoms with Crippen LogP contribution in [0.15, 0.2) is 40.8 Å². The maximum Gasteiger partial charge on any atom is 0.371 e. The lowest BCUT2D eigenvalue weighted by Crippen LogP contribution is -2.14. The summed E-state index contributed by atoms with van der Waals surface area (Å²) in [5.74, 6) is -4.51. The second-order valence-corrected chi connectivity index (χ2v) is 4.19. The minimum absolute atomic E-state index is 0.0156. The molecule has 0 aliphatic rings. The molecule has 2 aromatic rings. The molecule has 1 aromatic heterocycles. The lowest BCUT2D eigenvalue weighted by molar-refractivity contribution is -0.139. The van der Waals surface area contributed by atoms with Crippen LogP contribution < -0.4 is 0 Å². The van der Waals surface area contributed by atoms with Gasteiger partial charge in [0.1, 0.15) is 17.5 Å². The van der Waals surface area contributed by atoms with Crippen molar-refractivity contribution < 1.29 is 28.6 Å². The SMILES string of the molecule is O=C(O)c1ccc(C(Cc2ccccc2F)C(=O)O)o1. The topological polar surface area (TPSA) is 87.7 Å². The lowest BCUT2D eigenvalue weighted by atomic mass is 9.97. The van der Waals surface area contributed by atoms with E-state index in [0.29, 0.717) is 0 Å². The molecule has 20 heavy (non-hydrogen) atoms. The number of carbonyl (C=O) groups is 2. The average Bonchev–Trinajstić information content (AvgIpc) is 2.87. The molecule has 1 heterocycles. The molecule has 5 nitrogen and oxygen atoms in total. The van der Waals surface area contributed by atoms with E-state index in [1.54, 1.807) is 6.07 Å². The highest BCUT2D eigenvalue weighted by Gasteiger charge is 2.26. The predicted molar refractivity (Wildman–Crippen MR) is 66.1 cm³/mol. The zero-order valence-electron chi connectivity index (χ0n) is 10.2. The Morgan fingerprint density at radius 2 is 1.85 bits per heavy atom. The van der Waals surface area contributed by atoms with Crippen LogP contribution in [-0.2, 0) is 11.2 Å². The first-order chi connectivity index (χ1) is 9.49. The van der Waals surface area contributed by atoms with Gasteiger partial charge in [0.25, 0.3) is 0 Å². The smallest absolute Gasteiger partial charge is 0.371 e. The molecule has 0 spiro atoms. The van der Waals surface area contributed by atoms with E-state index >= 15 is 0 Å². The second-order valence-electron chi connectivity index (χ2n) is 4.19. The summed E-state index contributed by atoms with van der Waals surface area (Å²) in [5, 5.41) is 17.9. The van der Waals surface area contributed by atoms with Gasteiger partial charge in [-0.2, -0.15) is 0 Å². The fourth-order valence-electron chi connectivity index (χ4n) is 1.85. The van der Waals surface area contributed by atoms with Crippen molar-refractivity contribution in [2.75, 3.05) is 0 Å². The van der Waals surface area contributed by atoms with E-state index in [4.69, 9.17) is 9.52 Å². The number of aliphatic carboxylic acids is 1. The molecule has 0 fully saturated rings. The number of rotatable bonds is 5. The highest BCUT2D eigenvalue weighted by Crippen LogP contribution is 2.24. The van der Waals surface area contributed by atoms with E-state index < -0.39 is 23.7 Å². The molecule has 1 aromatic carbocycles. The molecule has 2 N–H and O–H groups in total. The van der Waals surface area contributed by atoms with Gasteiger partial charge in [-0.15, -0.1) is 0 Å². The lowest BCUT2D eigenvalue weighted by Gasteiger charge is -2.10. The molecule has 0 saturated heterocycles. The third-order valence-electron chi connectivity index (χ3n) is 2.86. The first-order valence-electron chi connectivity index (χ1n) is 5.78. The second kappa shape index (κ2) is 5.56. The van der Waals surface area contributed by atoms with Crippen molar-refractivity contribution in [3.8, 4) is 0 Å². The van der Waals surface area contributed by atoms with E-state index in [1.165, 1.54) is 30.3 Å². The van der Waals surface area contributed by atoms with Gasteiger partial charge >= 0.3 is 11.9 Å². The zero-order chi connectivity index (χ0) is 14.7. The molecular weight excluding hydrogens is 267 g/mol. The number of aromatic carboxylic acids is 1. The Morgan fingerprint density at radius 1 is 1.15 bits per heavy atom. The predicted octanol–water partition coefficient (Wildman–Crippen LogP) is 2.53. The Labute approximate surface area is 113 Å². The normalized spacial score (nSPS) is 12.1. The van der Waals surface area contributed by atoms with E-state index in [1.807, 2.05) is 0 Å². The quantitative estimate of drug-likeness (QED) is 0.877. The first-order valence-corrected chi connectivity index (χ1v) is 5.78. The van der Waals surface area contributed by atoms with Crippen LogP contribution in [0, 0.1) is 5.82 Å². The van der Waals surface area contributed by atoms with Crippen molar-refractivity contribution in [3.63, 3.8) is 0 Å². The van der Waals surface area contributed by atoms with Crippen LogP contribution in [0.1, 0.15) is 27.8 Å². The van der Waals surface area contributed by atoms with Gasteiger partial charge in [-0.25, -0.2) is 9.18 Å². The monoisotopic (exact) mass is 278 g/mol. The van der Waals surface area contributed by atoms with Crippen molar-refractivity contribution in [3.05, 3.63) is 59.3 Å². The van der Waals surface area contributed by atoms with E-state index in [9.17, 15) is 19.1 Å². The molecule has 0 amide bonds. The molecule has 2 rings (SSSR count). The Kier molecular flexibility index (Phi) is 3.84. The van der Waals surface area contributed by atoms with Crippen molar-refractivity contribution in [2.45, 2.75) is 12.3 Å². The van der Waals surface area contributed by atoms with Crippen molar-refractivity contribution in [2.24, 2.45) is 0 Å². The summed E-state index contributed by atoms with van der Waals surface area (Å²) < 4.78 is 18.5. The minimum Gasteiger partial charge on any atom is -0.481 e. The first kappa shape index (κ1) is 13.8. The van der Waals surface area contributed by atoms with E-state index in [2.05, 4.69) is 0 Å². The van der Waals surface area contributed by atoms with Crippen LogP contribution in [0.3, 0.4) is 0 Å². The summed E-state index contributed by atoms with van der Waals surface area (Å²) in [4.78, 5) is 22.0. The van der Waals surface area contributed by atoms with Gasteiger partial charge in [-0.05, 0) is 30.2 Å². The van der Waals surface area contributed by atoms with E-state index in [-0.39, 0.29) is 23.5 Å². The molecule has 6 heteroatoms. The molecular formula is C14H11FO5. The summed E-state index contributed by atoms with van der Waals surface area (Å²) in [5.41, 5.74) is 0.230. The fraction of sp³-hybridized carbons (Fsp3) is 0.143. The average molecular weight is 278 g/mol. The number of carboxylic acid groups (broad SMARTS) is 2. The van der Waals surface area contributed by atoms with Gasteiger partial charge in [-0.3, -0.25) is 4.79 Å². The number of hydrogen-bond donors (Lipinski definition) is 2. The fourth-order valence-corrected chi connectivity index (χ4v) is 1.85. The van der Waals surface area contributed by atoms with Crippen LogP contribution in [-0.4, -0.2) is 22.2 Å². The number of halogens is 1. The number of furan rings is 1. The summed E-state index contributed by atoms with van der Waals surface area (Å²) in [6, 6.07) is 8.27. The van der Waals surface area contributed by atoms with Crippen LogP contribution >= 0.6 is 0 Å². The van der Waals surface area contributed by atoms with Gasteiger partial charge in [0.15, 0.2) is 0 Å². The third kappa shape index (κ3) is 2.85. The van der Waals surface area contributed by atoms with E-state index in [0.717, 1.165) is 0 Å². The van der Waals surface area contributed by atoms with Gasteiger partial charge in [0, 0.05) is 0 Å². The summed E-state index contributed by atoms with van der Waals surface area (Å²) in [6.07, 6.45) is -0.116. The van der Waals surface area contributed by atoms with Crippen LogP contribution in [0.5, 0.6) is 0 Å². The number of benzene rings is 1. The van der Waals surface area contributed by atoms with Crippen LogP contribution in [0.2, 0.25) is 0 Å². The molecule has 0 saturated carbocycles. The summed E-state index contributed by atoms with van der Waals surface area (Å²) >= 11 is 0. The number of carboxylic acids is 2. The van der Waals surface area contributed by atoms with Gasteiger partial charge in [0.05, 0.1) is 0 Å². The Bertz CT molecular complexity index is 647. The highest BCUT2D eigenvalue weighted by atomic mass is 19.1. The van der Waals surface area contributed by atoms with Gasteiger partial charge in [0.2, 0.25) is 5.76 Å². The Balaban J connectivity index is 2.30. The molecule has 1 unspecified atom stereocenters. The van der Waals surface area contributed by atoms with Crippen LogP contribution in [0.25, 0.3) is 0 Å². The molecule has 0 aliphatic carbocycles. The standard InChI is InChI=1S/C14H11FO5/c15-10-4-2-1-3-8(10)7-9(13(16)17)11-5-6-12(20-11)14(18)19/h1-6,9H,7H2,(H,16,17)(H,18,19). The van der Waals surface area contributed by atoms with Crippen molar-refractivity contribution >= 4 is 11.9 Å². The summed E-state index contributed by atoms with van der Waals surface area (Å²) in [7, 11) is 0. The highest BCUT2D eigenvalue weighted by molar-refractivity contribution is 5.84. The molecule has 0 bridgehead atoms. The summed E-state index contributed by atoms with van der Waals surface area (Å²) in [6.45, 7) is 0. The molecule has 0 radical (unpaired) electrons. The largest absolute Gasteiger partial charge is 0.481 e. The van der Waals surface area contributed by atoms with Crippen molar-refractivity contribution in [1.29, 1.82) is 0 Å².